The van der Waals surface area contributed by atoms with Crippen LogP contribution < -0.4 is 0 Å². The monoisotopic (exact) mass is 1100 g/mol. The molecule has 9 nitrogen and oxygen atoms in total. The van der Waals surface area contributed by atoms with Crippen molar-refractivity contribution < 1.29 is 38.0 Å². The Morgan fingerprint density at radius 2 is 0.915 bits per heavy atom. The van der Waals surface area contributed by atoms with Crippen LogP contribution in [0.2, 0.25) is 0 Å². The van der Waals surface area contributed by atoms with Crippen LogP contribution in [-0.2, 0) is 9.53 Å². The van der Waals surface area contributed by atoms with Gasteiger partial charge < -0.3 is 18.8 Å². The van der Waals surface area contributed by atoms with Crippen molar-refractivity contribution in [3.05, 3.63) is 191 Å². The van der Waals surface area contributed by atoms with Crippen molar-refractivity contribution in [2.24, 2.45) is 17.0 Å². The Hall–Kier alpha value is -6.22. The molecule has 1 N–H and O–H groups in total. The summed E-state index contributed by atoms with van der Waals surface area (Å²) in [6, 6.07) is 49.6. The molecule has 0 bridgehead atoms. The SMILES string of the molecule is CC(C)CC/C(=N/O)c1ccc(Sc2ccc(C(=O)c3cc4ccccc4o3)cc2)cc1.CC(C)CCC(=O)c1ccc(Sc2ccc(C(=O)c3cc4ccccc4o3)cc2)cc1.CCOC(C)=O.CI. The molecule has 0 saturated carbocycles. The number of carbonyl (C=O) groups is 4. The number of hydrogen-bond acceptors (Lipinski definition) is 11. The lowest BCUT2D eigenvalue weighted by Gasteiger charge is -2.08. The number of alkyl halides is 1. The topological polar surface area (TPSA) is 136 Å². The highest BCUT2D eigenvalue weighted by atomic mass is 127. The zero-order valence-corrected chi connectivity index (χ0v) is 44.9. The fraction of sp³-hybridized carbons (Fsp3) is 0.237. The van der Waals surface area contributed by atoms with E-state index in [0.29, 0.717) is 64.4 Å². The van der Waals surface area contributed by atoms with E-state index in [1.165, 1.54) is 6.92 Å². The van der Waals surface area contributed by atoms with Crippen LogP contribution in [-0.4, -0.2) is 45.8 Å². The van der Waals surface area contributed by atoms with Crippen LogP contribution >= 0.6 is 46.1 Å². The molecule has 0 radical (unpaired) electrons. The smallest absolute Gasteiger partial charge is 0.302 e. The highest BCUT2D eigenvalue weighted by molar-refractivity contribution is 14.1. The van der Waals surface area contributed by atoms with Gasteiger partial charge in [-0.2, -0.15) is 0 Å². The third-order valence-corrected chi connectivity index (χ3v) is 12.8. The van der Waals surface area contributed by atoms with Crippen molar-refractivity contribution in [3.8, 4) is 0 Å². The van der Waals surface area contributed by atoms with E-state index in [9.17, 15) is 24.4 Å². The van der Waals surface area contributed by atoms with Gasteiger partial charge in [-0.15, -0.1) is 0 Å². The molecule has 0 aliphatic rings. The average Bonchev–Trinajstić information content (AvgIpc) is 4.03. The lowest BCUT2D eigenvalue weighted by Crippen LogP contribution is -2.03. The largest absolute Gasteiger partial charge is 0.466 e. The Morgan fingerprint density at radius 3 is 1.25 bits per heavy atom. The summed E-state index contributed by atoms with van der Waals surface area (Å²) < 4.78 is 15.8. The number of furan rings is 2. The minimum Gasteiger partial charge on any atom is -0.466 e. The van der Waals surface area contributed by atoms with Gasteiger partial charge in [-0.3, -0.25) is 19.2 Å². The van der Waals surface area contributed by atoms with Crippen LogP contribution in [0.25, 0.3) is 21.9 Å². The highest BCUT2D eigenvalue weighted by Crippen LogP contribution is 2.31. The van der Waals surface area contributed by atoms with Crippen LogP contribution in [0, 0.1) is 11.8 Å². The molecule has 0 unspecified atom stereocenters. The predicted molar refractivity (Wildman–Crippen MR) is 296 cm³/mol. The number of fused-ring (bicyclic) bond motifs is 2. The van der Waals surface area contributed by atoms with Crippen molar-refractivity contribution in [2.75, 3.05) is 11.5 Å². The minimum absolute atomic E-state index is 0.126. The predicted octanol–water partition coefficient (Wildman–Crippen LogP) is 16.5. The molecule has 0 fully saturated rings. The summed E-state index contributed by atoms with van der Waals surface area (Å²) in [4.78, 5) is 53.8. The van der Waals surface area contributed by atoms with Gasteiger partial charge in [0, 0.05) is 60.4 Å². The first kappa shape index (κ1) is 55.7. The molecular weight excluding hydrogens is 1040 g/mol. The van der Waals surface area contributed by atoms with Crippen LogP contribution in [0.3, 0.4) is 0 Å². The maximum absolute atomic E-state index is 12.8. The van der Waals surface area contributed by atoms with E-state index in [0.717, 1.165) is 60.7 Å². The number of nitrogens with zero attached hydrogens (tertiary/aromatic N) is 1. The molecule has 71 heavy (non-hydrogen) atoms. The molecule has 0 aliphatic heterocycles. The van der Waals surface area contributed by atoms with E-state index < -0.39 is 0 Å². The zero-order chi connectivity index (χ0) is 51.3. The molecule has 12 heteroatoms. The molecule has 0 spiro atoms. The van der Waals surface area contributed by atoms with Crippen LogP contribution in [0.5, 0.6) is 0 Å². The van der Waals surface area contributed by atoms with Crippen LogP contribution in [0.1, 0.15) is 115 Å². The Bertz CT molecular complexity index is 2930. The summed E-state index contributed by atoms with van der Waals surface area (Å²) in [5, 5.41) is 14.7. The number of para-hydroxylation sites is 2. The maximum Gasteiger partial charge on any atom is 0.302 e. The quantitative estimate of drug-likeness (QED) is 0.0178. The molecule has 6 aromatic carbocycles. The van der Waals surface area contributed by atoms with Gasteiger partial charge in [0.15, 0.2) is 17.3 Å². The number of ketones is 3. The van der Waals surface area contributed by atoms with Crippen molar-refractivity contribution in [3.63, 3.8) is 0 Å². The zero-order valence-electron chi connectivity index (χ0n) is 41.1. The molecule has 8 aromatic rings. The number of carbonyl (C=O) groups excluding carboxylic acids is 4. The van der Waals surface area contributed by atoms with Crippen LogP contribution in [0.15, 0.2) is 191 Å². The molecule has 0 saturated heterocycles. The first-order chi connectivity index (χ1) is 34.3. The molecule has 2 heterocycles. The third kappa shape index (κ3) is 17.3. The molecule has 0 amide bonds. The van der Waals surface area contributed by atoms with Gasteiger partial charge in [0.2, 0.25) is 11.6 Å². The lowest BCUT2D eigenvalue weighted by molar-refractivity contribution is -0.140. The minimum atomic E-state index is -0.211. The fourth-order valence-electron chi connectivity index (χ4n) is 6.96. The average molecular weight is 1100 g/mol. The van der Waals surface area contributed by atoms with Crippen molar-refractivity contribution in [1.82, 2.24) is 0 Å². The standard InChI is InChI=1S/C27H25NO3S.C27H24O3S.C4H8O2.CH3I/c1-18(2)7-16-24(28-30)19-8-12-22(13-9-19)32-23-14-10-20(11-15-23)27(29)26-17-21-5-3-4-6-25(21)31-26;1-18(2)7-16-24(28)19-8-12-22(13-9-19)31-23-14-10-20(11-15-23)27(29)26-17-21-5-3-4-6-25(21)30-26;1-3-6-4(2)5;1-2/h3-6,8-15,17-18,30H,7,16H2,1-2H3;3-6,8-15,17-18H,7,16H2,1-2H3;3H2,1-2H3;1H3/b28-24-;;;. The van der Waals surface area contributed by atoms with Crippen molar-refractivity contribution >= 4 is 97.1 Å². The number of ether oxygens (including phenoxy) is 1. The summed E-state index contributed by atoms with van der Waals surface area (Å²) >= 11 is 5.37. The Morgan fingerprint density at radius 1 is 0.549 bits per heavy atom. The summed E-state index contributed by atoms with van der Waals surface area (Å²) in [5.74, 6) is 1.51. The third-order valence-electron chi connectivity index (χ3n) is 10.7. The number of esters is 1. The number of Topliss-reactive ketones (excluding diaryl/α,β-unsaturated/α-hetero) is 1. The van der Waals surface area contributed by atoms with Gasteiger partial charge in [-0.25, -0.2) is 0 Å². The lowest BCUT2D eigenvalue weighted by atomic mass is 10.0. The second-order valence-corrected chi connectivity index (χ2v) is 19.3. The van der Waals surface area contributed by atoms with E-state index in [1.54, 1.807) is 42.6 Å². The molecular formula is C59H60INO8S2. The normalized spacial score (nSPS) is 11.0. The summed E-state index contributed by atoms with van der Waals surface area (Å²) in [7, 11) is 0. The number of rotatable bonds is 17. The Balaban J connectivity index is 0.000000230. The van der Waals surface area contributed by atoms with Gasteiger partial charge in [0.05, 0.1) is 12.3 Å². The van der Waals surface area contributed by atoms with E-state index in [2.05, 4.69) is 60.2 Å². The first-order valence-corrected chi connectivity index (χ1v) is 27.2. The Kier molecular flexibility index (Phi) is 22.4. The van der Waals surface area contributed by atoms with Gasteiger partial charge >= 0.3 is 5.97 Å². The van der Waals surface area contributed by atoms with Crippen LogP contribution in [0.4, 0.5) is 0 Å². The van der Waals surface area contributed by atoms with Crippen molar-refractivity contribution in [2.45, 2.75) is 86.8 Å². The summed E-state index contributed by atoms with van der Waals surface area (Å²) in [6.45, 7) is 12.2. The molecule has 0 aliphatic carbocycles. The number of halogens is 1. The van der Waals surface area contributed by atoms with Gasteiger partial charge in [0.25, 0.3) is 0 Å². The van der Waals surface area contributed by atoms with E-state index >= 15 is 0 Å². The van der Waals surface area contributed by atoms with Crippen molar-refractivity contribution in [1.29, 1.82) is 0 Å². The molecule has 368 valence electrons. The fourth-order valence-corrected chi connectivity index (χ4v) is 8.60. The highest BCUT2D eigenvalue weighted by Gasteiger charge is 2.17. The van der Waals surface area contributed by atoms with Gasteiger partial charge in [0.1, 0.15) is 11.2 Å². The summed E-state index contributed by atoms with van der Waals surface area (Å²) in [6.07, 6.45) is 3.23. The molecule has 8 rings (SSSR count). The number of benzene rings is 6. The second kappa shape index (κ2) is 28.6. The Labute approximate surface area is 439 Å². The van der Waals surface area contributed by atoms with Gasteiger partial charge in [-0.05, 0) is 146 Å². The van der Waals surface area contributed by atoms with E-state index in [4.69, 9.17) is 8.83 Å². The first-order valence-electron chi connectivity index (χ1n) is 23.4. The second-order valence-electron chi connectivity index (χ2n) is 17.0. The number of hydrogen-bond donors (Lipinski definition) is 1. The van der Waals surface area contributed by atoms with E-state index in [1.807, 2.05) is 151 Å². The van der Waals surface area contributed by atoms with Gasteiger partial charge in [-0.1, -0.05) is 140 Å². The maximum atomic E-state index is 12.8. The molecule has 0 atom stereocenters. The van der Waals surface area contributed by atoms with E-state index in [-0.39, 0.29) is 23.3 Å². The summed E-state index contributed by atoms with van der Waals surface area (Å²) in [5.41, 5.74) is 5.02. The number of oxime groups is 1. The molecule has 2 aromatic heterocycles.